The van der Waals surface area contributed by atoms with Crippen LogP contribution in [0.5, 0.6) is 0 Å². The second kappa shape index (κ2) is 5.84. The van der Waals surface area contributed by atoms with Crippen LogP contribution in [-0.4, -0.2) is 41.3 Å². The van der Waals surface area contributed by atoms with Gasteiger partial charge in [0.05, 0.1) is 12.1 Å². The number of aromatic nitrogens is 2. The molecule has 0 saturated heterocycles. The summed E-state index contributed by atoms with van der Waals surface area (Å²) in [5.74, 6) is 1.58. The van der Waals surface area contributed by atoms with Gasteiger partial charge in [-0.2, -0.15) is 0 Å². The molecule has 0 aliphatic heterocycles. The molecule has 0 radical (unpaired) electrons. The number of nitrogens with one attached hydrogen (secondary N) is 1. The van der Waals surface area contributed by atoms with E-state index < -0.39 is 0 Å². The van der Waals surface area contributed by atoms with Crippen LogP contribution in [0.1, 0.15) is 25.7 Å². The molecule has 1 aromatic rings. The smallest absolute Gasteiger partial charge is 0.148 e. The van der Waals surface area contributed by atoms with Gasteiger partial charge in [-0.25, -0.2) is 9.97 Å². The standard InChI is InChI=1S/C12H19BrN4O/c1-14-11-10(13)12(16-7-15-11)17(2)8-5-3-4-6-9(8)18/h7-9,18H,3-6H2,1-2H3,(H,14,15,16). The molecular formula is C12H19BrN4O. The number of aliphatic hydroxyl groups is 1. The van der Waals surface area contributed by atoms with Gasteiger partial charge in [-0.3, -0.25) is 0 Å². The first-order chi connectivity index (χ1) is 8.65. The van der Waals surface area contributed by atoms with Crippen molar-refractivity contribution in [3.8, 4) is 0 Å². The summed E-state index contributed by atoms with van der Waals surface area (Å²) in [6, 6.07) is 0.134. The second-order valence-electron chi connectivity index (χ2n) is 4.64. The lowest BCUT2D eigenvalue weighted by molar-refractivity contribution is 0.106. The Morgan fingerprint density at radius 2 is 2.11 bits per heavy atom. The third-order valence-corrected chi connectivity index (χ3v) is 4.26. The Morgan fingerprint density at radius 1 is 1.39 bits per heavy atom. The number of hydrogen-bond donors (Lipinski definition) is 2. The molecule has 1 heterocycles. The van der Waals surface area contributed by atoms with Crippen LogP contribution >= 0.6 is 15.9 Å². The number of hydrogen-bond acceptors (Lipinski definition) is 5. The zero-order chi connectivity index (χ0) is 13.1. The van der Waals surface area contributed by atoms with E-state index in [9.17, 15) is 5.11 Å². The van der Waals surface area contributed by atoms with Gasteiger partial charge >= 0.3 is 0 Å². The minimum atomic E-state index is -0.274. The van der Waals surface area contributed by atoms with Crippen LogP contribution in [0.4, 0.5) is 11.6 Å². The van der Waals surface area contributed by atoms with Crippen molar-refractivity contribution in [1.82, 2.24) is 9.97 Å². The molecule has 0 aromatic carbocycles. The van der Waals surface area contributed by atoms with Gasteiger partial charge in [0, 0.05) is 14.1 Å². The van der Waals surface area contributed by atoms with Gasteiger partial charge in [0.1, 0.15) is 22.4 Å². The third-order valence-electron chi connectivity index (χ3n) is 3.53. The van der Waals surface area contributed by atoms with Gasteiger partial charge < -0.3 is 15.3 Å². The lowest BCUT2D eigenvalue weighted by atomic mass is 9.91. The Hall–Kier alpha value is -0.880. The van der Waals surface area contributed by atoms with E-state index in [2.05, 4.69) is 36.1 Å². The van der Waals surface area contributed by atoms with Crippen LogP contribution in [0.2, 0.25) is 0 Å². The first-order valence-electron chi connectivity index (χ1n) is 6.24. The zero-order valence-corrected chi connectivity index (χ0v) is 12.3. The van der Waals surface area contributed by atoms with Crippen molar-refractivity contribution in [2.75, 3.05) is 24.3 Å². The van der Waals surface area contributed by atoms with Crippen LogP contribution in [0.15, 0.2) is 10.8 Å². The fraction of sp³-hybridized carbons (Fsp3) is 0.667. The van der Waals surface area contributed by atoms with Gasteiger partial charge in [0.25, 0.3) is 0 Å². The molecule has 0 bridgehead atoms. The van der Waals surface area contributed by atoms with E-state index in [0.717, 1.165) is 41.8 Å². The number of anilines is 2. The Bertz CT molecular complexity index is 415. The maximum atomic E-state index is 10.1. The minimum absolute atomic E-state index is 0.134. The van der Waals surface area contributed by atoms with Crippen molar-refractivity contribution >= 4 is 27.6 Å². The predicted octanol–water partition coefficient (Wildman–Crippen LogP) is 2.02. The Morgan fingerprint density at radius 3 is 2.78 bits per heavy atom. The number of aliphatic hydroxyl groups excluding tert-OH is 1. The van der Waals surface area contributed by atoms with Crippen molar-refractivity contribution in [2.24, 2.45) is 0 Å². The summed E-state index contributed by atoms with van der Waals surface area (Å²) in [5.41, 5.74) is 0. The average Bonchev–Trinajstić information content (AvgIpc) is 2.39. The normalized spacial score (nSPS) is 23.8. The highest BCUT2D eigenvalue weighted by molar-refractivity contribution is 9.10. The molecule has 6 heteroatoms. The predicted molar refractivity (Wildman–Crippen MR) is 75.9 cm³/mol. The number of nitrogens with zero attached hydrogens (tertiary/aromatic N) is 3. The molecule has 1 aromatic heterocycles. The van der Waals surface area contributed by atoms with E-state index in [4.69, 9.17) is 0 Å². The molecule has 0 amide bonds. The SMILES string of the molecule is CNc1ncnc(N(C)C2CCCCC2O)c1Br. The van der Waals surface area contributed by atoms with Crippen molar-refractivity contribution < 1.29 is 5.11 Å². The largest absolute Gasteiger partial charge is 0.391 e. The maximum absolute atomic E-state index is 10.1. The minimum Gasteiger partial charge on any atom is -0.391 e. The van der Waals surface area contributed by atoms with Crippen molar-refractivity contribution in [3.05, 3.63) is 10.8 Å². The van der Waals surface area contributed by atoms with Crippen LogP contribution in [0, 0.1) is 0 Å². The average molecular weight is 315 g/mol. The highest BCUT2D eigenvalue weighted by Crippen LogP contribution is 2.32. The third kappa shape index (κ3) is 2.59. The molecular weight excluding hydrogens is 296 g/mol. The fourth-order valence-corrected chi connectivity index (χ4v) is 3.16. The first-order valence-corrected chi connectivity index (χ1v) is 7.03. The van der Waals surface area contributed by atoms with Crippen molar-refractivity contribution in [3.63, 3.8) is 0 Å². The van der Waals surface area contributed by atoms with Crippen LogP contribution in [-0.2, 0) is 0 Å². The summed E-state index contributed by atoms with van der Waals surface area (Å²) in [5, 5.41) is 13.1. The molecule has 2 unspecified atom stereocenters. The summed E-state index contributed by atoms with van der Waals surface area (Å²) in [7, 11) is 3.80. The Labute approximate surface area is 116 Å². The Balaban J connectivity index is 2.24. The van der Waals surface area contributed by atoms with Crippen molar-refractivity contribution in [1.29, 1.82) is 0 Å². The second-order valence-corrected chi connectivity index (χ2v) is 5.43. The molecule has 2 N–H and O–H groups in total. The maximum Gasteiger partial charge on any atom is 0.148 e. The highest BCUT2D eigenvalue weighted by atomic mass is 79.9. The topological polar surface area (TPSA) is 61.3 Å². The summed E-state index contributed by atoms with van der Waals surface area (Å²) < 4.78 is 0.841. The summed E-state index contributed by atoms with van der Waals surface area (Å²) in [6.45, 7) is 0. The molecule has 5 nitrogen and oxygen atoms in total. The van der Waals surface area contributed by atoms with E-state index in [-0.39, 0.29) is 12.1 Å². The molecule has 2 atom stereocenters. The van der Waals surface area contributed by atoms with E-state index in [1.165, 1.54) is 6.33 Å². The molecule has 1 fully saturated rings. The number of likely N-dealkylation sites (N-methyl/N-ethyl adjacent to an activating group) is 1. The first kappa shape index (κ1) is 13.5. The van der Waals surface area contributed by atoms with Gasteiger partial charge in [-0.05, 0) is 28.8 Å². The van der Waals surface area contributed by atoms with E-state index in [1.54, 1.807) is 0 Å². The lowest BCUT2D eigenvalue weighted by Gasteiger charge is -2.36. The molecule has 1 aliphatic rings. The monoisotopic (exact) mass is 314 g/mol. The summed E-state index contributed by atoms with van der Waals surface area (Å²) in [4.78, 5) is 10.5. The quantitative estimate of drug-likeness (QED) is 0.893. The highest BCUT2D eigenvalue weighted by Gasteiger charge is 2.28. The molecule has 1 aliphatic carbocycles. The van der Waals surface area contributed by atoms with Gasteiger partial charge in [-0.15, -0.1) is 0 Å². The Kier molecular flexibility index (Phi) is 4.40. The van der Waals surface area contributed by atoms with Gasteiger partial charge in [0.15, 0.2) is 0 Å². The molecule has 18 heavy (non-hydrogen) atoms. The van der Waals surface area contributed by atoms with E-state index in [0.29, 0.717) is 0 Å². The molecule has 0 spiro atoms. The van der Waals surface area contributed by atoms with Crippen LogP contribution in [0.3, 0.4) is 0 Å². The molecule has 100 valence electrons. The zero-order valence-electron chi connectivity index (χ0n) is 10.7. The van der Waals surface area contributed by atoms with E-state index in [1.807, 2.05) is 14.1 Å². The number of rotatable bonds is 3. The van der Waals surface area contributed by atoms with Gasteiger partial charge in [-0.1, -0.05) is 12.8 Å². The summed E-state index contributed by atoms with van der Waals surface area (Å²) in [6.07, 6.45) is 5.41. The van der Waals surface area contributed by atoms with Crippen molar-refractivity contribution in [2.45, 2.75) is 37.8 Å². The van der Waals surface area contributed by atoms with Gasteiger partial charge in [0.2, 0.25) is 0 Å². The number of halogens is 1. The molecule has 1 saturated carbocycles. The summed E-state index contributed by atoms with van der Waals surface area (Å²) >= 11 is 3.52. The lowest BCUT2D eigenvalue weighted by Crippen LogP contribution is -2.44. The van der Waals surface area contributed by atoms with Crippen LogP contribution in [0.25, 0.3) is 0 Å². The fourth-order valence-electron chi connectivity index (χ4n) is 2.48. The van der Waals surface area contributed by atoms with Crippen LogP contribution < -0.4 is 10.2 Å². The van der Waals surface area contributed by atoms with E-state index >= 15 is 0 Å². The molecule has 2 rings (SSSR count).